The molecule has 0 aromatic carbocycles. The van der Waals surface area contributed by atoms with E-state index in [1.54, 1.807) is 0 Å². The maximum absolute atomic E-state index is 11.8. The van der Waals surface area contributed by atoms with E-state index in [1.165, 1.54) is 4.88 Å². The van der Waals surface area contributed by atoms with E-state index in [0.717, 1.165) is 45.0 Å². The van der Waals surface area contributed by atoms with E-state index in [-0.39, 0.29) is 5.91 Å². The van der Waals surface area contributed by atoms with Crippen LogP contribution in [0.2, 0.25) is 0 Å². The highest BCUT2D eigenvalue weighted by molar-refractivity contribution is 7.09. The number of carbonyl (C=O) groups is 1. The van der Waals surface area contributed by atoms with Crippen molar-refractivity contribution in [1.29, 1.82) is 0 Å². The Morgan fingerprint density at radius 3 is 3.00 bits per heavy atom. The van der Waals surface area contributed by atoms with Gasteiger partial charge in [-0.15, -0.1) is 11.3 Å². The summed E-state index contributed by atoms with van der Waals surface area (Å²) in [5.74, 6) is 1.62. The Balaban J connectivity index is 1.83. The van der Waals surface area contributed by atoms with Crippen LogP contribution in [0.3, 0.4) is 0 Å². The van der Waals surface area contributed by atoms with Crippen molar-refractivity contribution in [1.82, 2.24) is 15.5 Å². The van der Waals surface area contributed by atoms with Gasteiger partial charge in [-0.2, -0.15) is 0 Å². The van der Waals surface area contributed by atoms with Gasteiger partial charge in [0.2, 0.25) is 5.91 Å². The zero-order chi connectivity index (χ0) is 17.4. The number of hydrogen-bond acceptors (Lipinski definition) is 3. The Labute approximate surface area is 149 Å². The molecule has 1 fully saturated rings. The van der Waals surface area contributed by atoms with E-state index in [2.05, 4.69) is 42.0 Å². The Morgan fingerprint density at radius 1 is 1.50 bits per heavy atom. The molecule has 1 amide bonds. The lowest BCUT2D eigenvalue weighted by molar-refractivity contribution is -0.129. The number of nitrogens with one attached hydrogen (secondary N) is 2. The summed E-state index contributed by atoms with van der Waals surface area (Å²) in [6, 6.07) is 4.59. The smallest absolute Gasteiger partial charge is 0.222 e. The van der Waals surface area contributed by atoms with Gasteiger partial charge in [0, 0.05) is 43.5 Å². The third kappa shape index (κ3) is 5.82. The number of aliphatic imine (C=N–C) groups is 1. The van der Waals surface area contributed by atoms with Crippen molar-refractivity contribution in [2.24, 2.45) is 10.9 Å². The highest BCUT2D eigenvalue weighted by atomic mass is 32.1. The molecule has 2 unspecified atom stereocenters. The lowest BCUT2D eigenvalue weighted by Gasteiger charge is -2.19. The first-order valence-corrected chi connectivity index (χ1v) is 9.85. The Bertz CT molecular complexity index is 529. The SMILES string of the molecule is CCNC(=NCC(C)Cc1cccs1)NC1CCN(C(=O)CC)C1. The third-order valence-corrected chi connectivity index (χ3v) is 5.12. The van der Waals surface area contributed by atoms with Crippen molar-refractivity contribution in [3.63, 3.8) is 0 Å². The van der Waals surface area contributed by atoms with Crippen LogP contribution in [0.15, 0.2) is 22.5 Å². The minimum atomic E-state index is 0.241. The number of thiophene rings is 1. The molecular weight excluding hydrogens is 320 g/mol. The number of carbonyl (C=O) groups excluding carboxylic acids is 1. The summed E-state index contributed by atoms with van der Waals surface area (Å²) in [6.07, 6.45) is 2.64. The van der Waals surface area contributed by atoms with Gasteiger partial charge < -0.3 is 15.5 Å². The summed E-state index contributed by atoms with van der Waals surface area (Å²) >= 11 is 1.81. The summed E-state index contributed by atoms with van der Waals surface area (Å²) in [5.41, 5.74) is 0. The van der Waals surface area contributed by atoms with Gasteiger partial charge in [-0.25, -0.2) is 0 Å². The summed E-state index contributed by atoms with van der Waals surface area (Å²) in [4.78, 5) is 19.9. The van der Waals surface area contributed by atoms with Crippen molar-refractivity contribution in [2.75, 3.05) is 26.2 Å². The topological polar surface area (TPSA) is 56.7 Å². The second-order valence-corrected chi connectivity index (χ2v) is 7.46. The number of rotatable bonds is 7. The molecule has 5 nitrogen and oxygen atoms in total. The minimum absolute atomic E-state index is 0.241. The first-order chi connectivity index (χ1) is 11.6. The van der Waals surface area contributed by atoms with Gasteiger partial charge in [0.25, 0.3) is 0 Å². The molecule has 1 aliphatic rings. The van der Waals surface area contributed by atoms with Crippen LogP contribution in [0, 0.1) is 5.92 Å². The Hall–Kier alpha value is -1.56. The molecule has 0 bridgehead atoms. The van der Waals surface area contributed by atoms with Gasteiger partial charge in [-0.3, -0.25) is 9.79 Å². The van der Waals surface area contributed by atoms with Crippen LogP contribution in [0.5, 0.6) is 0 Å². The van der Waals surface area contributed by atoms with E-state index in [1.807, 2.05) is 23.2 Å². The van der Waals surface area contributed by atoms with Crippen LogP contribution in [0.1, 0.15) is 38.5 Å². The molecule has 0 aliphatic carbocycles. The van der Waals surface area contributed by atoms with Crippen LogP contribution in [-0.4, -0.2) is 49.0 Å². The molecular formula is C18H30N4OS. The van der Waals surface area contributed by atoms with E-state index in [0.29, 0.717) is 18.4 Å². The van der Waals surface area contributed by atoms with Crippen molar-refractivity contribution in [2.45, 2.75) is 46.1 Å². The first-order valence-electron chi connectivity index (χ1n) is 8.97. The zero-order valence-corrected chi connectivity index (χ0v) is 15.9. The second-order valence-electron chi connectivity index (χ2n) is 6.43. The molecule has 134 valence electrons. The molecule has 6 heteroatoms. The molecule has 1 saturated heterocycles. The molecule has 1 aromatic rings. The summed E-state index contributed by atoms with van der Waals surface area (Å²) in [5, 5.41) is 8.93. The fraction of sp³-hybridized carbons (Fsp3) is 0.667. The van der Waals surface area contributed by atoms with Crippen molar-refractivity contribution in [3.05, 3.63) is 22.4 Å². The van der Waals surface area contributed by atoms with Gasteiger partial charge in [-0.1, -0.05) is 19.9 Å². The van der Waals surface area contributed by atoms with Crippen LogP contribution < -0.4 is 10.6 Å². The Morgan fingerprint density at radius 2 is 2.33 bits per heavy atom. The Kier molecular flexibility index (Phi) is 7.56. The van der Waals surface area contributed by atoms with Gasteiger partial charge >= 0.3 is 0 Å². The van der Waals surface area contributed by atoms with E-state index < -0.39 is 0 Å². The van der Waals surface area contributed by atoms with Gasteiger partial charge in [0.1, 0.15) is 0 Å². The summed E-state index contributed by atoms with van der Waals surface area (Å²) in [7, 11) is 0. The molecule has 0 saturated carbocycles. The standard InChI is InChI=1S/C18H30N4OS/c1-4-17(23)22-9-8-15(13-22)21-18(19-5-2)20-12-14(3)11-16-7-6-10-24-16/h6-7,10,14-15H,4-5,8-9,11-13H2,1-3H3,(H2,19,20,21). The molecule has 2 heterocycles. The number of amides is 1. The number of likely N-dealkylation sites (tertiary alicyclic amines) is 1. The third-order valence-electron chi connectivity index (χ3n) is 4.22. The van der Waals surface area contributed by atoms with Gasteiger partial charge in [0.05, 0.1) is 0 Å². The number of guanidine groups is 1. The fourth-order valence-corrected chi connectivity index (χ4v) is 3.80. The van der Waals surface area contributed by atoms with Crippen LogP contribution in [0.4, 0.5) is 0 Å². The van der Waals surface area contributed by atoms with Crippen LogP contribution >= 0.6 is 11.3 Å². The second kappa shape index (κ2) is 9.67. The molecule has 2 N–H and O–H groups in total. The maximum atomic E-state index is 11.8. The molecule has 2 rings (SSSR count). The zero-order valence-electron chi connectivity index (χ0n) is 15.0. The summed E-state index contributed by atoms with van der Waals surface area (Å²) in [6.45, 7) is 9.51. The van der Waals surface area contributed by atoms with Crippen molar-refractivity contribution in [3.8, 4) is 0 Å². The summed E-state index contributed by atoms with van der Waals surface area (Å²) < 4.78 is 0. The average Bonchev–Trinajstić information content (AvgIpc) is 3.24. The normalized spacial score (nSPS) is 19.4. The molecule has 0 radical (unpaired) electrons. The number of nitrogens with zero attached hydrogens (tertiary/aromatic N) is 2. The van der Waals surface area contributed by atoms with E-state index in [4.69, 9.17) is 4.99 Å². The fourth-order valence-electron chi connectivity index (χ4n) is 2.93. The monoisotopic (exact) mass is 350 g/mol. The number of hydrogen-bond donors (Lipinski definition) is 2. The van der Waals surface area contributed by atoms with Crippen molar-refractivity contribution >= 4 is 23.2 Å². The quantitative estimate of drug-likeness (QED) is 0.587. The molecule has 1 aromatic heterocycles. The predicted molar refractivity (Wildman–Crippen MR) is 102 cm³/mol. The average molecular weight is 351 g/mol. The predicted octanol–water partition coefficient (Wildman–Crippen LogP) is 2.49. The van der Waals surface area contributed by atoms with Crippen LogP contribution in [0.25, 0.3) is 0 Å². The molecule has 1 aliphatic heterocycles. The van der Waals surface area contributed by atoms with Gasteiger partial charge in [0.15, 0.2) is 5.96 Å². The largest absolute Gasteiger partial charge is 0.357 e. The highest BCUT2D eigenvalue weighted by Crippen LogP contribution is 2.14. The lowest BCUT2D eigenvalue weighted by Crippen LogP contribution is -2.45. The molecule has 2 atom stereocenters. The highest BCUT2D eigenvalue weighted by Gasteiger charge is 2.25. The van der Waals surface area contributed by atoms with Gasteiger partial charge in [-0.05, 0) is 37.1 Å². The lowest BCUT2D eigenvalue weighted by atomic mass is 10.1. The minimum Gasteiger partial charge on any atom is -0.357 e. The van der Waals surface area contributed by atoms with E-state index in [9.17, 15) is 4.79 Å². The van der Waals surface area contributed by atoms with E-state index >= 15 is 0 Å². The van der Waals surface area contributed by atoms with Crippen molar-refractivity contribution < 1.29 is 4.79 Å². The molecule has 24 heavy (non-hydrogen) atoms. The molecule has 0 spiro atoms. The van der Waals surface area contributed by atoms with Crippen LogP contribution in [-0.2, 0) is 11.2 Å². The maximum Gasteiger partial charge on any atom is 0.222 e. The first kappa shape index (κ1) is 18.8.